The Labute approximate surface area is 125 Å². The summed E-state index contributed by atoms with van der Waals surface area (Å²) in [4.78, 5) is 14.4. The number of furan rings is 1. The van der Waals surface area contributed by atoms with Crippen molar-refractivity contribution in [1.29, 1.82) is 0 Å². The van der Waals surface area contributed by atoms with Crippen molar-refractivity contribution >= 4 is 11.6 Å². The fraction of sp³-hybridized carbons (Fsp3) is 0.353. The molecule has 0 fully saturated rings. The number of carbonyl (C=O) groups excluding carboxylic acids is 1. The van der Waals surface area contributed by atoms with E-state index in [9.17, 15) is 4.79 Å². The minimum Gasteiger partial charge on any atom is -0.456 e. The highest BCUT2D eigenvalue weighted by Gasteiger charge is 2.18. The van der Waals surface area contributed by atoms with Gasteiger partial charge in [0.2, 0.25) is 0 Å². The normalized spacial score (nSPS) is 10.6. The second-order valence-corrected chi connectivity index (χ2v) is 5.09. The number of aryl methyl sites for hydroxylation is 1. The van der Waals surface area contributed by atoms with Gasteiger partial charge in [-0.1, -0.05) is 26.0 Å². The van der Waals surface area contributed by atoms with Crippen molar-refractivity contribution in [2.75, 3.05) is 12.3 Å². The van der Waals surface area contributed by atoms with Gasteiger partial charge < -0.3 is 15.1 Å². The number of amides is 1. The van der Waals surface area contributed by atoms with E-state index in [0.717, 1.165) is 29.9 Å². The number of nitrogens with zero attached hydrogens (tertiary/aromatic N) is 1. The van der Waals surface area contributed by atoms with E-state index in [2.05, 4.69) is 6.92 Å². The van der Waals surface area contributed by atoms with Crippen LogP contribution in [0.2, 0.25) is 0 Å². The lowest BCUT2D eigenvalue weighted by molar-refractivity contribution is 0.0709. The molecule has 0 aliphatic carbocycles. The van der Waals surface area contributed by atoms with Gasteiger partial charge in [-0.3, -0.25) is 4.79 Å². The highest BCUT2D eigenvalue weighted by atomic mass is 16.4. The van der Waals surface area contributed by atoms with Crippen molar-refractivity contribution in [3.63, 3.8) is 0 Å². The predicted molar refractivity (Wildman–Crippen MR) is 84.0 cm³/mol. The largest absolute Gasteiger partial charge is 0.456 e. The summed E-state index contributed by atoms with van der Waals surface area (Å²) in [6.07, 6.45) is 1.70. The molecule has 112 valence electrons. The van der Waals surface area contributed by atoms with Gasteiger partial charge in [0.05, 0.1) is 0 Å². The van der Waals surface area contributed by atoms with Crippen LogP contribution < -0.4 is 5.73 Å². The minimum absolute atomic E-state index is 0.0617. The summed E-state index contributed by atoms with van der Waals surface area (Å²) >= 11 is 0. The first-order valence-corrected chi connectivity index (χ1v) is 7.36. The molecule has 0 saturated carbocycles. The average Bonchev–Trinajstić information content (AvgIpc) is 2.97. The lowest BCUT2D eigenvalue weighted by atomic mass is 10.2. The zero-order valence-electron chi connectivity index (χ0n) is 12.6. The third kappa shape index (κ3) is 3.88. The van der Waals surface area contributed by atoms with Crippen molar-refractivity contribution in [2.24, 2.45) is 0 Å². The topological polar surface area (TPSA) is 59.5 Å². The zero-order chi connectivity index (χ0) is 15.2. The maximum atomic E-state index is 12.5. The molecule has 0 atom stereocenters. The average molecular weight is 286 g/mol. The summed E-state index contributed by atoms with van der Waals surface area (Å²) in [6, 6.07) is 11.2. The van der Waals surface area contributed by atoms with Gasteiger partial charge >= 0.3 is 0 Å². The molecule has 1 heterocycles. The van der Waals surface area contributed by atoms with E-state index in [4.69, 9.17) is 10.2 Å². The molecule has 4 nitrogen and oxygen atoms in total. The Kier molecular flexibility index (Phi) is 5.04. The fourth-order valence-electron chi connectivity index (χ4n) is 2.20. The number of anilines is 1. The maximum Gasteiger partial charge on any atom is 0.289 e. The quantitative estimate of drug-likeness (QED) is 0.827. The molecule has 0 aliphatic heterocycles. The molecule has 0 unspecified atom stereocenters. The third-order valence-electron chi connectivity index (χ3n) is 3.35. The van der Waals surface area contributed by atoms with Crippen LogP contribution in [0.3, 0.4) is 0 Å². The first-order chi connectivity index (χ1) is 10.1. The molecule has 0 saturated heterocycles. The highest BCUT2D eigenvalue weighted by molar-refractivity contribution is 5.91. The minimum atomic E-state index is -0.0617. The first-order valence-electron chi connectivity index (χ1n) is 7.36. The van der Waals surface area contributed by atoms with Gasteiger partial charge in [0.1, 0.15) is 5.76 Å². The van der Waals surface area contributed by atoms with Crippen LogP contribution in [0.25, 0.3) is 0 Å². The van der Waals surface area contributed by atoms with Gasteiger partial charge in [-0.15, -0.1) is 0 Å². The van der Waals surface area contributed by atoms with Crippen molar-refractivity contribution in [1.82, 2.24) is 4.90 Å². The van der Waals surface area contributed by atoms with Crippen molar-refractivity contribution in [3.8, 4) is 0 Å². The van der Waals surface area contributed by atoms with Gasteiger partial charge in [0.15, 0.2) is 5.76 Å². The standard InChI is InChI=1S/C17H22N2O2/c1-3-11-19(12-13-5-7-14(18)8-6-13)17(20)16-10-9-15(4-2)21-16/h5-10H,3-4,11-12,18H2,1-2H3. The highest BCUT2D eigenvalue weighted by Crippen LogP contribution is 2.15. The molecule has 2 rings (SSSR count). The molecule has 0 spiro atoms. The number of hydrogen-bond donors (Lipinski definition) is 1. The van der Waals surface area contributed by atoms with Crippen LogP contribution in [-0.2, 0) is 13.0 Å². The molecule has 1 amide bonds. The molecule has 0 bridgehead atoms. The van der Waals surface area contributed by atoms with Gasteiger partial charge in [-0.2, -0.15) is 0 Å². The summed E-state index contributed by atoms with van der Waals surface area (Å²) < 4.78 is 5.57. The van der Waals surface area contributed by atoms with Crippen LogP contribution in [0.1, 0.15) is 42.1 Å². The Hall–Kier alpha value is -2.23. The number of rotatable bonds is 6. The van der Waals surface area contributed by atoms with E-state index in [-0.39, 0.29) is 5.91 Å². The lowest BCUT2D eigenvalue weighted by Crippen LogP contribution is -2.31. The van der Waals surface area contributed by atoms with Gasteiger partial charge in [-0.25, -0.2) is 0 Å². The fourth-order valence-corrected chi connectivity index (χ4v) is 2.20. The Morgan fingerprint density at radius 2 is 1.86 bits per heavy atom. The van der Waals surface area contributed by atoms with E-state index in [0.29, 0.717) is 18.8 Å². The number of carbonyl (C=O) groups is 1. The SMILES string of the molecule is CCCN(Cc1ccc(N)cc1)C(=O)c1ccc(CC)o1. The van der Waals surface area contributed by atoms with Crippen molar-refractivity contribution in [2.45, 2.75) is 33.2 Å². The Morgan fingerprint density at radius 3 is 2.43 bits per heavy atom. The van der Waals surface area contributed by atoms with E-state index in [1.807, 2.05) is 42.2 Å². The second kappa shape index (κ2) is 6.97. The Morgan fingerprint density at radius 1 is 1.14 bits per heavy atom. The lowest BCUT2D eigenvalue weighted by Gasteiger charge is -2.21. The Balaban J connectivity index is 2.13. The van der Waals surface area contributed by atoms with Gasteiger partial charge in [0, 0.05) is 25.2 Å². The maximum absolute atomic E-state index is 12.5. The number of hydrogen-bond acceptors (Lipinski definition) is 3. The number of nitrogens with two attached hydrogens (primary N) is 1. The molecule has 1 aromatic carbocycles. The zero-order valence-corrected chi connectivity index (χ0v) is 12.6. The van der Waals surface area contributed by atoms with E-state index >= 15 is 0 Å². The molecule has 2 N–H and O–H groups in total. The molecule has 0 radical (unpaired) electrons. The van der Waals surface area contributed by atoms with Gasteiger partial charge in [0.25, 0.3) is 5.91 Å². The molecule has 21 heavy (non-hydrogen) atoms. The summed E-state index contributed by atoms with van der Waals surface area (Å²) in [7, 11) is 0. The monoisotopic (exact) mass is 286 g/mol. The number of nitrogen functional groups attached to an aromatic ring is 1. The molecule has 2 aromatic rings. The van der Waals surface area contributed by atoms with Crippen LogP contribution in [0.5, 0.6) is 0 Å². The predicted octanol–water partition coefficient (Wildman–Crippen LogP) is 3.48. The summed E-state index contributed by atoms with van der Waals surface area (Å²) in [5.74, 6) is 1.19. The summed E-state index contributed by atoms with van der Waals surface area (Å²) in [5.41, 5.74) is 7.48. The smallest absolute Gasteiger partial charge is 0.289 e. The molecule has 0 aliphatic rings. The molecule has 4 heteroatoms. The Bertz CT molecular complexity index is 587. The number of benzene rings is 1. The molecule has 1 aromatic heterocycles. The van der Waals surface area contributed by atoms with Crippen molar-refractivity contribution < 1.29 is 9.21 Å². The first kappa shape index (κ1) is 15.2. The summed E-state index contributed by atoms with van der Waals surface area (Å²) in [6.45, 7) is 5.33. The van der Waals surface area contributed by atoms with E-state index in [1.165, 1.54) is 0 Å². The van der Waals surface area contributed by atoms with Crippen LogP contribution >= 0.6 is 0 Å². The van der Waals surface area contributed by atoms with Crippen LogP contribution in [-0.4, -0.2) is 17.4 Å². The van der Waals surface area contributed by atoms with E-state index in [1.54, 1.807) is 6.07 Å². The van der Waals surface area contributed by atoms with Crippen LogP contribution in [0.15, 0.2) is 40.8 Å². The van der Waals surface area contributed by atoms with E-state index < -0.39 is 0 Å². The molecular formula is C17H22N2O2. The van der Waals surface area contributed by atoms with Crippen LogP contribution in [0.4, 0.5) is 5.69 Å². The third-order valence-corrected chi connectivity index (χ3v) is 3.35. The summed E-state index contributed by atoms with van der Waals surface area (Å²) in [5, 5.41) is 0. The second-order valence-electron chi connectivity index (χ2n) is 5.09. The van der Waals surface area contributed by atoms with Crippen molar-refractivity contribution in [3.05, 3.63) is 53.5 Å². The molecular weight excluding hydrogens is 264 g/mol. The van der Waals surface area contributed by atoms with Crippen LogP contribution in [0, 0.1) is 0 Å². The van der Waals surface area contributed by atoms with Gasteiger partial charge in [-0.05, 0) is 36.2 Å².